The molecule has 0 bridgehead atoms. The van der Waals surface area contributed by atoms with Crippen LogP contribution in [0.15, 0.2) is 36.4 Å². The van der Waals surface area contributed by atoms with Crippen molar-refractivity contribution in [2.24, 2.45) is 5.92 Å². The molecule has 26 heavy (non-hydrogen) atoms. The zero-order valence-corrected chi connectivity index (χ0v) is 15.4. The lowest BCUT2D eigenvalue weighted by molar-refractivity contribution is 0.299. The zero-order valence-electron chi connectivity index (χ0n) is 15.4. The largest absolute Gasteiger partial charge is 0.207 e. The molecule has 1 aliphatic carbocycles. The lowest BCUT2D eigenvalue weighted by Crippen LogP contribution is -2.14. The van der Waals surface area contributed by atoms with Crippen LogP contribution in [-0.4, -0.2) is 0 Å². The van der Waals surface area contributed by atoms with Gasteiger partial charge in [-0.15, -0.1) is 0 Å². The Morgan fingerprint density at radius 1 is 0.846 bits per heavy atom. The van der Waals surface area contributed by atoms with E-state index >= 15 is 0 Å². The molecule has 0 aliphatic heterocycles. The number of hydrogen-bond donors (Lipinski definition) is 0. The lowest BCUT2D eigenvalue weighted by Gasteiger charge is -2.29. The van der Waals surface area contributed by atoms with Crippen LogP contribution in [-0.2, 0) is 0 Å². The Hall–Kier alpha value is -1.77. The van der Waals surface area contributed by atoms with Gasteiger partial charge in [-0.25, -0.2) is 13.2 Å². The molecule has 1 aliphatic rings. The fourth-order valence-electron chi connectivity index (χ4n) is 4.23. The summed E-state index contributed by atoms with van der Waals surface area (Å²) in [7, 11) is 0. The molecular weight excluding hydrogens is 333 g/mol. The van der Waals surface area contributed by atoms with Crippen LogP contribution < -0.4 is 0 Å². The average Bonchev–Trinajstić information content (AvgIpc) is 2.63. The molecule has 1 fully saturated rings. The van der Waals surface area contributed by atoms with Crippen molar-refractivity contribution >= 4 is 0 Å². The van der Waals surface area contributed by atoms with Crippen LogP contribution in [0.25, 0.3) is 11.1 Å². The normalized spacial score (nSPS) is 20.3. The first-order valence-electron chi connectivity index (χ1n) is 9.84. The minimum atomic E-state index is -0.662. The molecule has 140 valence electrons. The Morgan fingerprint density at radius 2 is 1.54 bits per heavy atom. The second-order valence-corrected chi connectivity index (χ2v) is 7.55. The van der Waals surface area contributed by atoms with Crippen LogP contribution in [0.1, 0.15) is 69.8 Å². The monoisotopic (exact) mass is 360 g/mol. The molecule has 3 heteroatoms. The van der Waals surface area contributed by atoms with E-state index in [1.54, 1.807) is 12.1 Å². The first-order valence-corrected chi connectivity index (χ1v) is 9.84. The molecular formula is C23H27F3. The molecule has 2 aromatic rings. The Labute approximate surface area is 154 Å². The van der Waals surface area contributed by atoms with Gasteiger partial charge in [0.25, 0.3) is 0 Å². The van der Waals surface area contributed by atoms with Gasteiger partial charge in [0.2, 0.25) is 0 Å². The second kappa shape index (κ2) is 8.75. The van der Waals surface area contributed by atoms with Gasteiger partial charge in [0, 0.05) is 0 Å². The van der Waals surface area contributed by atoms with Gasteiger partial charge < -0.3 is 0 Å². The van der Waals surface area contributed by atoms with Crippen LogP contribution in [0.3, 0.4) is 0 Å². The van der Waals surface area contributed by atoms with Gasteiger partial charge in [0.05, 0.1) is 5.56 Å². The van der Waals surface area contributed by atoms with E-state index in [9.17, 15) is 13.2 Å². The van der Waals surface area contributed by atoms with Gasteiger partial charge in [-0.1, -0.05) is 50.8 Å². The Kier molecular flexibility index (Phi) is 6.39. The van der Waals surface area contributed by atoms with Crippen molar-refractivity contribution in [2.75, 3.05) is 0 Å². The third-order valence-electron chi connectivity index (χ3n) is 5.75. The summed E-state index contributed by atoms with van der Waals surface area (Å²) in [5, 5.41) is 0. The molecule has 3 rings (SSSR count). The van der Waals surface area contributed by atoms with Gasteiger partial charge in [0.1, 0.15) is 17.5 Å². The van der Waals surface area contributed by atoms with Crippen molar-refractivity contribution in [3.05, 3.63) is 59.4 Å². The Morgan fingerprint density at radius 3 is 2.15 bits per heavy atom. The summed E-state index contributed by atoms with van der Waals surface area (Å²) in [5.74, 6) is -0.682. The lowest BCUT2D eigenvalue weighted by atomic mass is 9.76. The molecule has 0 atom stereocenters. The van der Waals surface area contributed by atoms with Crippen LogP contribution in [0.4, 0.5) is 13.2 Å². The van der Waals surface area contributed by atoms with Crippen LogP contribution in [0.2, 0.25) is 0 Å². The van der Waals surface area contributed by atoms with Crippen molar-refractivity contribution < 1.29 is 13.2 Å². The minimum absolute atomic E-state index is 0.155. The summed E-state index contributed by atoms with van der Waals surface area (Å²) in [6.45, 7) is 2.22. The van der Waals surface area contributed by atoms with Crippen molar-refractivity contribution in [1.82, 2.24) is 0 Å². The van der Waals surface area contributed by atoms with Crippen molar-refractivity contribution in [2.45, 2.75) is 64.2 Å². The first-order chi connectivity index (χ1) is 12.6. The SMILES string of the molecule is CCCCC[C@H]1CC[C@H](c2ccc(-c3c(F)cccc3F)cc2F)CC1. The highest BCUT2D eigenvalue weighted by atomic mass is 19.1. The molecule has 0 spiro atoms. The molecule has 0 N–H and O–H groups in total. The van der Waals surface area contributed by atoms with E-state index in [-0.39, 0.29) is 22.9 Å². The fraction of sp³-hybridized carbons (Fsp3) is 0.478. The van der Waals surface area contributed by atoms with Gasteiger partial charge in [-0.2, -0.15) is 0 Å². The third-order valence-corrected chi connectivity index (χ3v) is 5.75. The predicted molar refractivity (Wildman–Crippen MR) is 101 cm³/mol. The molecule has 0 nitrogen and oxygen atoms in total. The predicted octanol–water partition coefficient (Wildman–Crippen LogP) is 7.63. The number of rotatable bonds is 6. The summed E-state index contributed by atoms with van der Waals surface area (Å²) in [4.78, 5) is 0. The molecule has 0 aromatic heterocycles. The van der Waals surface area contributed by atoms with Crippen molar-refractivity contribution in [3.63, 3.8) is 0 Å². The molecule has 0 saturated heterocycles. The quantitative estimate of drug-likeness (QED) is 0.465. The van der Waals surface area contributed by atoms with E-state index in [2.05, 4.69) is 6.92 Å². The number of hydrogen-bond acceptors (Lipinski definition) is 0. The van der Waals surface area contributed by atoms with Crippen LogP contribution in [0, 0.1) is 23.4 Å². The van der Waals surface area contributed by atoms with Crippen molar-refractivity contribution in [1.29, 1.82) is 0 Å². The van der Waals surface area contributed by atoms with Crippen molar-refractivity contribution in [3.8, 4) is 11.1 Å². The van der Waals surface area contributed by atoms with Crippen LogP contribution in [0.5, 0.6) is 0 Å². The van der Waals surface area contributed by atoms with E-state index in [1.165, 1.54) is 49.9 Å². The van der Waals surface area contributed by atoms with Gasteiger partial charge >= 0.3 is 0 Å². The van der Waals surface area contributed by atoms with Crippen LogP contribution >= 0.6 is 0 Å². The maximum absolute atomic E-state index is 14.7. The van der Waals surface area contributed by atoms with Gasteiger partial charge in [-0.3, -0.25) is 0 Å². The minimum Gasteiger partial charge on any atom is -0.207 e. The summed E-state index contributed by atoms with van der Waals surface area (Å²) in [6, 6.07) is 8.36. The molecule has 0 amide bonds. The summed E-state index contributed by atoms with van der Waals surface area (Å²) < 4.78 is 42.5. The van der Waals surface area contributed by atoms with Gasteiger partial charge in [0.15, 0.2) is 0 Å². The second-order valence-electron chi connectivity index (χ2n) is 7.55. The summed E-state index contributed by atoms with van der Waals surface area (Å²) in [6.07, 6.45) is 9.42. The highest BCUT2D eigenvalue weighted by Crippen LogP contribution is 2.39. The standard InChI is InChI=1S/C23H27F3/c1-2-3-4-6-16-9-11-17(12-10-16)19-14-13-18(15-22(19)26)23-20(24)7-5-8-21(23)25/h5,7-8,13-17H,2-4,6,9-12H2,1H3/t16-,17-. The van der Waals surface area contributed by atoms with E-state index in [0.717, 1.165) is 31.6 Å². The van der Waals surface area contributed by atoms with Gasteiger partial charge in [-0.05, 0) is 66.8 Å². The van der Waals surface area contributed by atoms with E-state index in [0.29, 0.717) is 5.56 Å². The molecule has 0 radical (unpaired) electrons. The third kappa shape index (κ3) is 4.31. The maximum Gasteiger partial charge on any atom is 0.133 e. The highest BCUT2D eigenvalue weighted by molar-refractivity contribution is 5.65. The highest BCUT2D eigenvalue weighted by Gasteiger charge is 2.24. The summed E-state index contributed by atoms with van der Waals surface area (Å²) in [5.41, 5.74) is 0.796. The van der Waals surface area contributed by atoms with E-state index in [1.807, 2.05) is 0 Å². The summed E-state index contributed by atoms with van der Waals surface area (Å²) >= 11 is 0. The first kappa shape index (κ1) is 19.0. The number of unbranched alkanes of at least 4 members (excludes halogenated alkanes) is 2. The topological polar surface area (TPSA) is 0 Å². The zero-order chi connectivity index (χ0) is 18.5. The maximum atomic E-state index is 14.7. The molecule has 0 unspecified atom stereocenters. The number of benzene rings is 2. The average molecular weight is 360 g/mol. The van der Waals surface area contributed by atoms with E-state index < -0.39 is 11.6 Å². The Balaban J connectivity index is 1.69. The smallest absolute Gasteiger partial charge is 0.133 e. The molecule has 1 saturated carbocycles. The Bertz CT molecular complexity index is 710. The molecule has 0 heterocycles. The molecule has 2 aromatic carbocycles. The fourth-order valence-corrected chi connectivity index (χ4v) is 4.23. The van der Waals surface area contributed by atoms with E-state index in [4.69, 9.17) is 0 Å². The number of halogens is 3.